The van der Waals surface area contributed by atoms with Gasteiger partial charge >= 0.3 is 5.97 Å². The summed E-state index contributed by atoms with van der Waals surface area (Å²) in [6.45, 7) is 2.26. The lowest BCUT2D eigenvalue weighted by molar-refractivity contribution is 0.0701. The molecule has 1 aromatic heterocycles. The first-order valence-electron chi connectivity index (χ1n) is 5.87. The number of thiophene rings is 1. The molecule has 5 heteroatoms. The first-order chi connectivity index (χ1) is 9.09. The van der Waals surface area contributed by atoms with E-state index in [0.29, 0.717) is 17.0 Å². The van der Waals surface area contributed by atoms with Crippen molar-refractivity contribution >= 4 is 17.3 Å². The minimum atomic E-state index is -0.926. The van der Waals surface area contributed by atoms with E-state index in [1.54, 1.807) is 29.6 Å². The molecule has 0 bridgehead atoms. The summed E-state index contributed by atoms with van der Waals surface area (Å²) in [4.78, 5) is 11.3. The van der Waals surface area contributed by atoms with Gasteiger partial charge in [0, 0.05) is 18.2 Å². The molecule has 100 valence electrons. The van der Waals surface area contributed by atoms with Gasteiger partial charge in [-0.1, -0.05) is 18.2 Å². The van der Waals surface area contributed by atoms with Crippen molar-refractivity contribution in [3.8, 4) is 0 Å². The van der Waals surface area contributed by atoms with Crippen molar-refractivity contribution in [3.05, 3.63) is 57.5 Å². The lowest BCUT2D eigenvalue weighted by Gasteiger charge is -2.14. The van der Waals surface area contributed by atoms with E-state index in [-0.39, 0.29) is 11.9 Å². The first-order valence-corrected chi connectivity index (χ1v) is 6.75. The zero-order valence-electron chi connectivity index (χ0n) is 10.4. The average molecular weight is 279 g/mol. The molecule has 0 aliphatic heterocycles. The van der Waals surface area contributed by atoms with E-state index < -0.39 is 5.97 Å². The summed E-state index contributed by atoms with van der Waals surface area (Å²) >= 11 is 1.19. The number of hydrogen-bond donors (Lipinski definition) is 2. The number of carboxylic acids is 1. The SMILES string of the molecule is CC(NCc1ccsc1C(=O)O)c1ccccc1F. The van der Waals surface area contributed by atoms with Crippen molar-refractivity contribution in [2.24, 2.45) is 0 Å². The average Bonchev–Trinajstić information content (AvgIpc) is 2.85. The maximum atomic E-state index is 13.6. The molecule has 1 heterocycles. The monoisotopic (exact) mass is 279 g/mol. The number of halogens is 1. The summed E-state index contributed by atoms with van der Waals surface area (Å²) in [6, 6.07) is 8.16. The largest absolute Gasteiger partial charge is 0.477 e. The lowest BCUT2D eigenvalue weighted by Crippen LogP contribution is -2.19. The van der Waals surface area contributed by atoms with Gasteiger partial charge in [0.15, 0.2) is 0 Å². The van der Waals surface area contributed by atoms with Gasteiger partial charge in [-0.15, -0.1) is 11.3 Å². The molecule has 0 amide bonds. The third-order valence-electron chi connectivity index (χ3n) is 2.91. The number of benzene rings is 1. The van der Waals surface area contributed by atoms with Gasteiger partial charge in [-0.3, -0.25) is 0 Å². The van der Waals surface area contributed by atoms with Crippen LogP contribution in [-0.4, -0.2) is 11.1 Å². The second kappa shape index (κ2) is 5.95. The first kappa shape index (κ1) is 13.7. The fourth-order valence-corrected chi connectivity index (χ4v) is 2.62. The van der Waals surface area contributed by atoms with Crippen LogP contribution in [0.3, 0.4) is 0 Å². The molecule has 0 spiro atoms. The van der Waals surface area contributed by atoms with Crippen molar-refractivity contribution in [2.45, 2.75) is 19.5 Å². The minimum absolute atomic E-state index is 0.178. The van der Waals surface area contributed by atoms with Gasteiger partial charge in [0.1, 0.15) is 10.7 Å². The molecule has 2 rings (SSSR count). The summed E-state index contributed by atoms with van der Waals surface area (Å²) < 4.78 is 13.6. The molecule has 3 nitrogen and oxygen atoms in total. The normalized spacial score (nSPS) is 12.3. The van der Waals surface area contributed by atoms with E-state index in [1.165, 1.54) is 17.4 Å². The number of aromatic carboxylic acids is 1. The number of hydrogen-bond acceptors (Lipinski definition) is 3. The van der Waals surface area contributed by atoms with E-state index in [1.807, 2.05) is 6.92 Å². The molecule has 0 aliphatic carbocycles. The smallest absolute Gasteiger partial charge is 0.346 e. The quantitative estimate of drug-likeness (QED) is 0.881. The topological polar surface area (TPSA) is 49.3 Å². The lowest BCUT2D eigenvalue weighted by atomic mass is 10.1. The number of nitrogens with one attached hydrogen (secondary N) is 1. The van der Waals surface area contributed by atoms with Gasteiger partial charge < -0.3 is 10.4 Å². The molecule has 2 N–H and O–H groups in total. The third kappa shape index (κ3) is 3.19. The molecule has 1 atom stereocenters. The summed E-state index contributed by atoms with van der Waals surface area (Å²) in [5.74, 6) is -1.18. The Balaban J connectivity index is 2.05. The Bertz CT molecular complexity index is 582. The van der Waals surface area contributed by atoms with E-state index in [0.717, 1.165) is 5.56 Å². The van der Waals surface area contributed by atoms with Gasteiger partial charge in [0.2, 0.25) is 0 Å². The molecule has 0 fully saturated rings. The van der Waals surface area contributed by atoms with Gasteiger partial charge in [-0.2, -0.15) is 0 Å². The van der Waals surface area contributed by atoms with Crippen LogP contribution < -0.4 is 5.32 Å². The summed E-state index contributed by atoms with van der Waals surface area (Å²) in [7, 11) is 0. The zero-order chi connectivity index (χ0) is 13.8. The highest BCUT2D eigenvalue weighted by molar-refractivity contribution is 7.12. The fourth-order valence-electron chi connectivity index (χ4n) is 1.86. The molecule has 1 unspecified atom stereocenters. The molecule has 0 saturated carbocycles. The molecular formula is C14H14FNO2S. The van der Waals surface area contributed by atoms with Crippen LogP contribution in [0.1, 0.15) is 33.8 Å². The second-order valence-corrected chi connectivity index (χ2v) is 5.12. The molecule has 0 radical (unpaired) electrons. The molecule has 1 aromatic carbocycles. The van der Waals surface area contributed by atoms with Crippen molar-refractivity contribution in [3.63, 3.8) is 0 Å². The Morgan fingerprint density at radius 2 is 2.16 bits per heavy atom. The molecule has 19 heavy (non-hydrogen) atoms. The zero-order valence-corrected chi connectivity index (χ0v) is 11.2. The van der Waals surface area contributed by atoms with Gasteiger partial charge in [-0.05, 0) is 30.0 Å². The maximum Gasteiger partial charge on any atom is 0.346 e. The van der Waals surface area contributed by atoms with Crippen molar-refractivity contribution in [1.29, 1.82) is 0 Å². The Hall–Kier alpha value is -1.72. The van der Waals surface area contributed by atoms with Crippen LogP contribution in [0.15, 0.2) is 35.7 Å². The third-order valence-corrected chi connectivity index (χ3v) is 3.86. The van der Waals surface area contributed by atoms with Crippen LogP contribution in [0.4, 0.5) is 4.39 Å². The standard InChI is InChI=1S/C14H14FNO2S/c1-9(11-4-2-3-5-12(11)15)16-8-10-6-7-19-13(10)14(17)18/h2-7,9,16H,8H2,1H3,(H,17,18). The minimum Gasteiger partial charge on any atom is -0.477 e. The summed E-state index contributed by atoms with van der Waals surface area (Å²) in [5, 5.41) is 13.9. The summed E-state index contributed by atoms with van der Waals surface area (Å²) in [5.41, 5.74) is 1.30. The van der Waals surface area contributed by atoms with Gasteiger partial charge in [0.25, 0.3) is 0 Å². The van der Waals surface area contributed by atoms with Gasteiger partial charge in [0.05, 0.1) is 0 Å². The summed E-state index contributed by atoms with van der Waals surface area (Å²) in [6.07, 6.45) is 0. The van der Waals surface area contributed by atoms with Crippen molar-refractivity contribution < 1.29 is 14.3 Å². The molecule has 2 aromatic rings. The number of rotatable bonds is 5. The van der Waals surface area contributed by atoms with E-state index in [9.17, 15) is 9.18 Å². The molecule has 0 saturated heterocycles. The van der Waals surface area contributed by atoms with Crippen LogP contribution in [0, 0.1) is 5.82 Å². The molecule has 0 aliphatic rings. The Morgan fingerprint density at radius 1 is 1.42 bits per heavy atom. The number of carboxylic acid groups (broad SMARTS) is 1. The fraction of sp³-hybridized carbons (Fsp3) is 0.214. The second-order valence-electron chi connectivity index (χ2n) is 4.20. The van der Waals surface area contributed by atoms with Crippen LogP contribution in [0.2, 0.25) is 0 Å². The Labute approximate surface area is 114 Å². The van der Waals surface area contributed by atoms with Crippen molar-refractivity contribution in [2.75, 3.05) is 0 Å². The van der Waals surface area contributed by atoms with E-state index in [2.05, 4.69) is 5.32 Å². The van der Waals surface area contributed by atoms with Crippen LogP contribution in [-0.2, 0) is 6.54 Å². The highest BCUT2D eigenvalue weighted by atomic mass is 32.1. The Kier molecular flexibility index (Phi) is 4.29. The van der Waals surface area contributed by atoms with E-state index >= 15 is 0 Å². The maximum absolute atomic E-state index is 13.6. The highest BCUT2D eigenvalue weighted by Gasteiger charge is 2.14. The predicted octanol–water partition coefficient (Wildman–Crippen LogP) is 3.44. The molecular weight excluding hydrogens is 265 g/mol. The van der Waals surface area contributed by atoms with E-state index in [4.69, 9.17) is 5.11 Å². The van der Waals surface area contributed by atoms with Crippen LogP contribution in [0.25, 0.3) is 0 Å². The van der Waals surface area contributed by atoms with Crippen molar-refractivity contribution in [1.82, 2.24) is 5.32 Å². The number of carbonyl (C=O) groups is 1. The Morgan fingerprint density at radius 3 is 2.84 bits per heavy atom. The van der Waals surface area contributed by atoms with Crippen LogP contribution >= 0.6 is 11.3 Å². The predicted molar refractivity (Wildman–Crippen MR) is 72.9 cm³/mol. The highest BCUT2D eigenvalue weighted by Crippen LogP contribution is 2.20. The van der Waals surface area contributed by atoms with Crippen LogP contribution in [0.5, 0.6) is 0 Å². The van der Waals surface area contributed by atoms with Gasteiger partial charge in [-0.25, -0.2) is 9.18 Å².